The fourth-order valence-electron chi connectivity index (χ4n) is 2.26. The highest BCUT2D eigenvalue weighted by molar-refractivity contribution is 6.25. The summed E-state index contributed by atoms with van der Waals surface area (Å²) >= 11 is 6.10. The molecular weight excluding hydrogens is 176 g/mol. The molecular formula is C9H13ClO2. The molecule has 0 aliphatic heterocycles. The molecule has 0 amide bonds. The smallest absolute Gasteiger partial charge is 0.197 e. The second kappa shape index (κ2) is 3.02. The minimum Gasteiger partial charge on any atom is -0.250 e. The van der Waals surface area contributed by atoms with Crippen LogP contribution in [0.2, 0.25) is 0 Å². The van der Waals surface area contributed by atoms with Gasteiger partial charge in [-0.05, 0) is 37.7 Å². The normalized spacial score (nSPS) is 35.5. The van der Waals surface area contributed by atoms with Gasteiger partial charge in [-0.1, -0.05) is 17.2 Å². The first-order chi connectivity index (χ1) is 5.76. The van der Waals surface area contributed by atoms with E-state index in [-0.39, 0.29) is 0 Å². The fourth-order valence-corrected chi connectivity index (χ4v) is 2.58. The van der Waals surface area contributed by atoms with E-state index in [1.165, 1.54) is 18.4 Å². The largest absolute Gasteiger partial charge is 0.250 e. The van der Waals surface area contributed by atoms with Gasteiger partial charge in [0.05, 0.1) is 0 Å². The van der Waals surface area contributed by atoms with E-state index >= 15 is 0 Å². The zero-order valence-electron chi connectivity index (χ0n) is 6.98. The lowest BCUT2D eigenvalue weighted by Crippen LogP contribution is -2.24. The zero-order chi connectivity index (χ0) is 8.60. The molecule has 2 aliphatic carbocycles. The predicted octanol–water partition coefficient (Wildman–Crippen LogP) is 3.08. The van der Waals surface area contributed by atoms with Gasteiger partial charge < -0.3 is 0 Å². The standard InChI is InChI=1S/C9H13ClO2/c10-9(12-11)6-5-7-3-1-2-4-8(7)9/h11H,1-6H2. The van der Waals surface area contributed by atoms with Gasteiger partial charge in [-0.2, -0.15) is 0 Å². The Kier molecular flexibility index (Phi) is 2.15. The van der Waals surface area contributed by atoms with E-state index in [9.17, 15) is 0 Å². The Balaban J connectivity index is 2.26. The predicted molar refractivity (Wildman–Crippen MR) is 47.0 cm³/mol. The number of rotatable bonds is 1. The molecule has 1 N–H and O–H groups in total. The summed E-state index contributed by atoms with van der Waals surface area (Å²) in [5.74, 6) is 0. The molecule has 3 heteroatoms. The molecule has 12 heavy (non-hydrogen) atoms. The van der Waals surface area contributed by atoms with E-state index in [1.807, 2.05) is 0 Å². The van der Waals surface area contributed by atoms with Crippen molar-refractivity contribution >= 4 is 11.6 Å². The Bertz CT molecular complexity index is 225. The second-order valence-electron chi connectivity index (χ2n) is 3.61. The van der Waals surface area contributed by atoms with Crippen LogP contribution in [0, 0.1) is 0 Å². The van der Waals surface area contributed by atoms with Crippen LogP contribution in [0.5, 0.6) is 0 Å². The van der Waals surface area contributed by atoms with E-state index in [0.29, 0.717) is 0 Å². The van der Waals surface area contributed by atoms with Gasteiger partial charge in [0.1, 0.15) is 0 Å². The van der Waals surface area contributed by atoms with Crippen molar-refractivity contribution in [1.29, 1.82) is 0 Å². The van der Waals surface area contributed by atoms with E-state index in [0.717, 1.165) is 31.3 Å². The van der Waals surface area contributed by atoms with E-state index < -0.39 is 5.06 Å². The summed E-state index contributed by atoms with van der Waals surface area (Å²) in [4.78, 5) is 4.38. The third-order valence-electron chi connectivity index (χ3n) is 2.93. The van der Waals surface area contributed by atoms with Crippen LogP contribution >= 0.6 is 11.6 Å². The number of allylic oxidation sites excluding steroid dienone is 1. The van der Waals surface area contributed by atoms with Crippen LogP contribution in [0.4, 0.5) is 0 Å². The Hall–Kier alpha value is -0.0500. The monoisotopic (exact) mass is 188 g/mol. The molecule has 2 rings (SSSR count). The molecule has 0 aromatic heterocycles. The first-order valence-electron chi connectivity index (χ1n) is 4.49. The van der Waals surface area contributed by atoms with Crippen LogP contribution in [0.25, 0.3) is 0 Å². The summed E-state index contributed by atoms with van der Waals surface area (Å²) in [6.07, 6.45) is 6.32. The van der Waals surface area contributed by atoms with E-state index in [4.69, 9.17) is 16.9 Å². The average Bonchev–Trinajstić information content (AvgIpc) is 2.46. The SMILES string of the molecule is OOC1(Cl)CCC2=C1CCCC2. The fraction of sp³-hybridized carbons (Fsp3) is 0.778. The summed E-state index contributed by atoms with van der Waals surface area (Å²) in [6, 6.07) is 0. The Morgan fingerprint density at radius 1 is 1.25 bits per heavy atom. The lowest BCUT2D eigenvalue weighted by Gasteiger charge is -2.23. The lowest BCUT2D eigenvalue weighted by atomic mass is 9.93. The van der Waals surface area contributed by atoms with Gasteiger partial charge in [0.25, 0.3) is 0 Å². The molecule has 1 unspecified atom stereocenters. The Morgan fingerprint density at radius 3 is 2.75 bits per heavy atom. The Morgan fingerprint density at radius 2 is 2.00 bits per heavy atom. The molecule has 0 bridgehead atoms. The van der Waals surface area contributed by atoms with Crippen LogP contribution < -0.4 is 0 Å². The van der Waals surface area contributed by atoms with Crippen LogP contribution in [-0.4, -0.2) is 10.3 Å². The minimum atomic E-state index is -0.865. The van der Waals surface area contributed by atoms with Crippen molar-refractivity contribution < 1.29 is 10.1 Å². The maximum absolute atomic E-state index is 8.70. The number of hydrogen-bond acceptors (Lipinski definition) is 2. The topological polar surface area (TPSA) is 29.5 Å². The first-order valence-corrected chi connectivity index (χ1v) is 4.87. The van der Waals surface area contributed by atoms with Crippen molar-refractivity contribution in [3.05, 3.63) is 11.1 Å². The lowest BCUT2D eigenvalue weighted by molar-refractivity contribution is -0.284. The van der Waals surface area contributed by atoms with Crippen LogP contribution in [0.1, 0.15) is 38.5 Å². The van der Waals surface area contributed by atoms with Crippen molar-refractivity contribution in [3.63, 3.8) is 0 Å². The molecule has 0 radical (unpaired) electrons. The highest BCUT2D eigenvalue weighted by Crippen LogP contribution is 2.47. The highest BCUT2D eigenvalue weighted by atomic mass is 35.5. The second-order valence-corrected chi connectivity index (χ2v) is 4.22. The molecule has 2 nitrogen and oxygen atoms in total. The molecule has 0 spiro atoms. The van der Waals surface area contributed by atoms with E-state index in [2.05, 4.69) is 4.89 Å². The van der Waals surface area contributed by atoms with Crippen molar-refractivity contribution in [2.45, 2.75) is 43.6 Å². The van der Waals surface area contributed by atoms with Crippen molar-refractivity contribution in [2.24, 2.45) is 0 Å². The summed E-state index contributed by atoms with van der Waals surface area (Å²) in [5, 5.41) is 7.83. The maximum atomic E-state index is 8.70. The maximum Gasteiger partial charge on any atom is 0.197 e. The summed E-state index contributed by atoms with van der Waals surface area (Å²) in [7, 11) is 0. The van der Waals surface area contributed by atoms with Gasteiger partial charge in [-0.15, -0.1) is 0 Å². The Labute approximate surface area is 77.1 Å². The molecule has 0 saturated carbocycles. The van der Waals surface area contributed by atoms with Gasteiger partial charge in [0, 0.05) is 6.42 Å². The molecule has 1 atom stereocenters. The third kappa shape index (κ3) is 1.18. The molecule has 0 saturated heterocycles. The van der Waals surface area contributed by atoms with Gasteiger partial charge in [-0.25, -0.2) is 10.1 Å². The number of hydrogen-bond donors (Lipinski definition) is 1. The van der Waals surface area contributed by atoms with Crippen LogP contribution in [0.15, 0.2) is 11.1 Å². The van der Waals surface area contributed by atoms with E-state index in [1.54, 1.807) is 0 Å². The molecule has 2 aliphatic rings. The summed E-state index contributed by atoms with van der Waals surface area (Å²) in [6.45, 7) is 0. The van der Waals surface area contributed by atoms with Crippen molar-refractivity contribution in [2.75, 3.05) is 0 Å². The van der Waals surface area contributed by atoms with Gasteiger partial charge >= 0.3 is 0 Å². The van der Waals surface area contributed by atoms with Gasteiger partial charge in [0.15, 0.2) is 5.06 Å². The number of alkyl halides is 1. The van der Waals surface area contributed by atoms with Gasteiger partial charge in [0.2, 0.25) is 0 Å². The quantitative estimate of drug-likeness (QED) is 0.297. The molecule has 0 aromatic rings. The number of halogens is 1. The van der Waals surface area contributed by atoms with Crippen LogP contribution in [-0.2, 0) is 4.89 Å². The third-order valence-corrected chi connectivity index (χ3v) is 3.41. The molecule has 0 aromatic carbocycles. The zero-order valence-corrected chi connectivity index (χ0v) is 7.73. The van der Waals surface area contributed by atoms with Crippen LogP contribution in [0.3, 0.4) is 0 Å². The van der Waals surface area contributed by atoms with Gasteiger partial charge in [-0.3, -0.25) is 0 Å². The highest BCUT2D eigenvalue weighted by Gasteiger charge is 2.41. The summed E-state index contributed by atoms with van der Waals surface area (Å²) in [5.41, 5.74) is 2.57. The van der Waals surface area contributed by atoms with Crippen molar-refractivity contribution in [1.82, 2.24) is 0 Å². The minimum absolute atomic E-state index is 0.732. The molecule has 0 heterocycles. The molecule has 0 fully saturated rings. The summed E-state index contributed by atoms with van der Waals surface area (Å²) < 4.78 is 0. The first kappa shape index (κ1) is 8.54. The molecule has 68 valence electrons. The van der Waals surface area contributed by atoms with Crippen molar-refractivity contribution in [3.8, 4) is 0 Å². The average molecular weight is 189 g/mol.